The fourth-order valence-corrected chi connectivity index (χ4v) is 3.36. The van der Waals surface area contributed by atoms with Crippen molar-refractivity contribution >= 4 is 31.6 Å². The van der Waals surface area contributed by atoms with Gasteiger partial charge in [-0.25, -0.2) is 0 Å². The summed E-state index contributed by atoms with van der Waals surface area (Å²) in [5, 5.41) is 3.63. The average Bonchev–Trinajstić information content (AvgIpc) is 2.73. The second-order valence-electron chi connectivity index (χ2n) is 5.10. The van der Waals surface area contributed by atoms with Crippen molar-refractivity contribution in [2.45, 2.75) is 33.7 Å². The molecule has 0 aromatic heterocycles. The van der Waals surface area contributed by atoms with Crippen LogP contribution in [0.15, 0.2) is 26.1 Å². The van der Waals surface area contributed by atoms with Crippen molar-refractivity contribution in [1.82, 2.24) is 0 Å². The first-order valence-corrected chi connectivity index (χ1v) is 7.60. The fourth-order valence-electron chi connectivity index (χ4n) is 2.21. The Morgan fingerprint density at radius 3 is 2.41 bits per heavy atom. The van der Waals surface area contributed by atoms with Gasteiger partial charge in [0, 0.05) is 0 Å². The second kappa shape index (κ2) is 5.19. The van der Waals surface area contributed by atoms with Gasteiger partial charge in [0.15, 0.2) is 0 Å². The van der Waals surface area contributed by atoms with Gasteiger partial charge in [0.2, 0.25) is 0 Å². The van der Waals surface area contributed by atoms with Gasteiger partial charge in [-0.1, -0.05) is 0 Å². The van der Waals surface area contributed by atoms with Crippen LogP contribution in [0, 0.1) is 11.8 Å². The zero-order valence-corrected chi connectivity index (χ0v) is 12.5. The minimum atomic E-state index is 0.0469. The summed E-state index contributed by atoms with van der Waals surface area (Å²) in [4.78, 5) is 0. The number of fused-ring (bicyclic) bond motifs is 1. The minimum absolute atomic E-state index is 0.0469. The number of hydrogen-bond donors (Lipinski definition) is 1. The van der Waals surface area contributed by atoms with Gasteiger partial charge >= 0.3 is 109 Å². The van der Waals surface area contributed by atoms with Crippen LogP contribution >= 0.6 is 0 Å². The molecule has 0 radical (unpaired) electrons. The Kier molecular flexibility index (Phi) is 3.85. The van der Waals surface area contributed by atoms with Crippen molar-refractivity contribution in [3.05, 3.63) is 18.2 Å². The fraction of sp³-hybridized carbons (Fsp3) is 0.538. The van der Waals surface area contributed by atoms with E-state index >= 15 is 0 Å². The molecule has 1 N–H and O–H groups in total. The van der Waals surface area contributed by atoms with E-state index in [2.05, 4.69) is 53.1 Å². The van der Waals surface area contributed by atoms with Crippen LogP contribution in [-0.4, -0.2) is 20.6 Å². The zero-order valence-electron chi connectivity index (χ0n) is 10.8. The van der Waals surface area contributed by atoms with Gasteiger partial charge in [0.05, 0.1) is 0 Å². The van der Waals surface area contributed by atoms with Crippen LogP contribution in [0.2, 0.25) is 0 Å². The molecule has 92 valence electrons. The van der Waals surface area contributed by atoms with E-state index in [0.717, 1.165) is 17.1 Å². The standard InChI is InChI=1S/C13H19N3Se/c1-8(2)12(9(3)4)14-10-6-5-7-11-13(10)16-17-15-11/h5-9,12,14H,1-4H3. The van der Waals surface area contributed by atoms with Gasteiger partial charge in [-0.05, 0) is 0 Å². The maximum atomic E-state index is 4.50. The van der Waals surface area contributed by atoms with Crippen LogP contribution in [0.5, 0.6) is 0 Å². The van der Waals surface area contributed by atoms with E-state index in [1.165, 1.54) is 0 Å². The molecule has 4 heteroatoms. The van der Waals surface area contributed by atoms with Crippen LogP contribution in [0.25, 0.3) is 0 Å². The van der Waals surface area contributed by atoms with Gasteiger partial charge in [-0.3, -0.25) is 0 Å². The molecule has 0 spiro atoms. The third kappa shape index (κ3) is 2.70. The summed E-state index contributed by atoms with van der Waals surface area (Å²) in [6.45, 7) is 9.02. The Bertz CT molecular complexity index is 466. The number of benzene rings is 1. The molecule has 0 aliphatic carbocycles. The van der Waals surface area contributed by atoms with Gasteiger partial charge in [0.25, 0.3) is 0 Å². The summed E-state index contributed by atoms with van der Waals surface area (Å²) in [6.07, 6.45) is 0. The zero-order chi connectivity index (χ0) is 12.4. The number of nitrogens with one attached hydrogen (secondary N) is 1. The normalized spacial score (nSPS) is 13.4. The molecule has 0 bridgehead atoms. The van der Waals surface area contributed by atoms with E-state index in [4.69, 9.17) is 0 Å². The predicted molar refractivity (Wildman–Crippen MR) is 73.5 cm³/mol. The molecule has 0 saturated heterocycles. The third-order valence-electron chi connectivity index (χ3n) is 3.04. The number of nitrogens with zero attached hydrogens (tertiary/aromatic N) is 2. The monoisotopic (exact) mass is 297 g/mol. The quantitative estimate of drug-likeness (QED) is 0.846. The van der Waals surface area contributed by atoms with E-state index in [1.807, 2.05) is 6.07 Å². The van der Waals surface area contributed by atoms with Gasteiger partial charge in [0.1, 0.15) is 0 Å². The molecule has 0 unspecified atom stereocenters. The number of hydrogen-bond acceptors (Lipinski definition) is 3. The molecular weight excluding hydrogens is 277 g/mol. The van der Waals surface area contributed by atoms with Crippen LogP contribution in [0.4, 0.5) is 17.1 Å². The van der Waals surface area contributed by atoms with E-state index in [0.29, 0.717) is 17.9 Å². The van der Waals surface area contributed by atoms with Crippen LogP contribution in [0.3, 0.4) is 0 Å². The topological polar surface area (TPSA) is 36.8 Å². The molecule has 2 rings (SSSR count). The first-order chi connectivity index (χ1) is 8.09. The number of anilines is 1. The van der Waals surface area contributed by atoms with Crippen molar-refractivity contribution in [2.24, 2.45) is 19.8 Å². The van der Waals surface area contributed by atoms with Crippen molar-refractivity contribution < 1.29 is 0 Å². The van der Waals surface area contributed by atoms with Gasteiger partial charge < -0.3 is 0 Å². The van der Waals surface area contributed by atoms with E-state index in [1.54, 1.807) is 0 Å². The summed E-state index contributed by atoms with van der Waals surface area (Å²) in [5.74, 6) is 1.21. The summed E-state index contributed by atoms with van der Waals surface area (Å²) in [6, 6.07) is 6.68. The van der Waals surface area contributed by atoms with E-state index in [9.17, 15) is 0 Å². The summed E-state index contributed by atoms with van der Waals surface area (Å²) < 4.78 is 8.92. The summed E-state index contributed by atoms with van der Waals surface area (Å²) in [7, 11) is 0. The van der Waals surface area contributed by atoms with Crippen LogP contribution < -0.4 is 5.32 Å². The molecule has 1 aromatic rings. The Labute approximate surface area is 109 Å². The van der Waals surface area contributed by atoms with Crippen molar-refractivity contribution in [3.8, 4) is 0 Å². The molecule has 17 heavy (non-hydrogen) atoms. The van der Waals surface area contributed by atoms with Crippen LogP contribution in [0.1, 0.15) is 27.7 Å². The molecule has 0 fully saturated rings. The SMILES string of the molecule is CC(C)C(Nc1cccc2c1N=[Se]=N2)C(C)C. The number of rotatable bonds is 4. The molecule has 0 atom stereocenters. The molecule has 0 saturated carbocycles. The molecule has 1 aliphatic rings. The summed E-state index contributed by atoms with van der Waals surface area (Å²) >= 11 is 0.0469. The third-order valence-corrected chi connectivity index (χ3v) is 4.18. The molecule has 1 aromatic carbocycles. The van der Waals surface area contributed by atoms with E-state index in [-0.39, 0.29) is 14.6 Å². The first kappa shape index (κ1) is 12.6. The van der Waals surface area contributed by atoms with Crippen molar-refractivity contribution in [3.63, 3.8) is 0 Å². The predicted octanol–water partition coefficient (Wildman–Crippen LogP) is 4.13. The molecule has 1 heterocycles. The average molecular weight is 296 g/mol. The summed E-state index contributed by atoms with van der Waals surface area (Å²) in [5.41, 5.74) is 3.23. The Balaban J connectivity index is 2.25. The van der Waals surface area contributed by atoms with Gasteiger partial charge in [-0.15, -0.1) is 0 Å². The molecule has 3 nitrogen and oxygen atoms in total. The first-order valence-electron chi connectivity index (χ1n) is 6.07. The van der Waals surface area contributed by atoms with Crippen molar-refractivity contribution in [1.29, 1.82) is 0 Å². The van der Waals surface area contributed by atoms with Crippen LogP contribution in [-0.2, 0) is 0 Å². The maximum absolute atomic E-state index is 4.50. The molecular formula is C13H19N3Se. The molecule has 0 amide bonds. The Morgan fingerprint density at radius 1 is 1.06 bits per heavy atom. The van der Waals surface area contributed by atoms with Crippen molar-refractivity contribution in [2.75, 3.05) is 5.32 Å². The molecule has 1 aliphatic heterocycles. The second-order valence-corrected chi connectivity index (χ2v) is 6.20. The van der Waals surface area contributed by atoms with E-state index < -0.39 is 0 Å². The Hall–Kier alpha value is -0.861. The Morgan fingerprint density at radius 2 is 1.76 bits per heavy atom. The van der Waals surface area contributed by atoms with Gasteiger partial charge in [-0.2, -0.15) is 0 Å².